The first kappa shape index (κ1) is 33.0. The van der Waals surface area contributed by atoms with Gasteiger partial charge in [0.15, 0.2) is 13.9 Å². The molecule has 0 radical (unpaired) electrons. The predicted molar refractivity (Wildman–Crippen MR) is 182 cm³/mol. The number of nitrogens with one attached hydrogen (secondary N) is 2. The van der Waals surface area contributed by atoms with Crippen LogP contribution in [0.3, 0.4) is 0 Å². The highest BCUT2D eigenvalue weighted by atomic mass is 28.4. The number of benzene rings is 3. The number of carbonyl (C=O) groups excluding carboxylic acids is 3. The summed E-state index contributed by atoms with van der Waals surface area (Å²) in [5, 5.41) is 16.1. The zero-order valence-electron chi connectivity index (χ0n) is 27.2. The third-order valence-electron chi connectivity index (χ3n) is 9.87. The molecule has 0 unspecified atom stereocenters. The summed E-state index contributed by atoms with van der Waals surface area (Å²) in [5.74, 6) is -1.14. The molecule has 0 saturated carbocycles. The van der Waals surface area contributed by atoms with Crippen molar-refractivity contribution < 1.29 is 29.0 Å². The lowest BCUT2D eigenvalue weighted by atomic mass is 9.82. The van der Waals surface area contributed by atoms with E-state index in [1.807, 2.05) is 92.8 Å². The van der Waals surface area contributed by atoms with E-state index in [1.54, 1.807) is 15.9 Å². The van der Waals surface area contributed by atoms with E-state index in [2.05, 4.69) is 10.6 Å². The fourth-order valence-electron chi connectivity index (χ4n) is 7.77. The van der Waals surface area contributed by atoms with Crippen LogP contribution in [0, 0.1) is 5.92 Å². The molecule has 2 fully saturated rings. The van der Waals surface area contributed by atoms with Gasteiger partial charge < -0.3 is 30.2 Å². The number of rotatable bonds is 10. The van der Waals surface area contributed by atoms with Crippen molar-refractivity contribution in [2.24, 2.45) is 5.92 Å². The minimum absolute atomic E-state index is 0.0572. The van der Waals surface area contributed by atoms with E-state index >= 15 is 0 Å². The lowest BCUT2D eigenvalue weighted by Gasteiger charge is -2.32. The van der Waals surface area contributed by atoms with Crippen LogP contribution in [-0.2, 0) is 31.3 Å². The summed E-state index contributed by atoms with van der Waals surface area (Å²) in [4.78, 5) is 56.8. The number of carbonyl (C=O) groups is 3. The second-order valence-electron chi connectivity index (χ2n) is 13.4. The maximum Gasteiger partial charge on any atom is 0.268 e. The van der Waals surface area contributed by atoms with E-state index in [-0.39, 0.29) is 43.3 Å². The second-order valence-corrected chi connectivity index (χ2v) is 17.4. The summed E-state index contributed by atoms with van der Waals surface area (Å²) in [6.07, 6.45) is 0.875. The minimum atomic E-state index is -3.04. The van der Waals surface area contributed by atoms with Gasteiger partial charge in [0.05, 0.1) is 30.9 Å². The molecule has 3 aliphatic rings. The second kappa shape index (κ2) is 13.3. The van der Waals surface area contributed by atoms with Crippen molar-refractivity contribution in [2.45, 2.75) is 69.1 Å². The Labute approximate surface area is 276 Å². The first-order valence-electron chi connectivity index (χ1n) is 16.5. The Balaban J connectivity index is 1.38. The average Bonchev–Trinajstić information content (AvgIpc) is 3.75. The molecular weight excluding hydrogens is 613 g/mol. The number of anilines is 3. The fraction of sp³-hybridized carbons (Fsp3) is 0.417. The number of aliphatic hydroxyl groups excluding tert-OH is 1. The van der Waals surface area contributed by atoms with Crippen LogP contribution in [0.4, 0.5) is 17.1 Å². The number of hydrogen-bond acceptors (Lipinski definition) is 7. The molecule has 3 aromatic carbocycles. The summed E-state index contributed by atoms with van der Waals surface area (Å²) in [6.45, 7) is 6.64. The number of ether oxygens (including phenoxy) is 1. The van der Waals surface area contributed by atoms with E-state index in [0.717, 1.165) is 24.9 Å². The van der Waals surface area contributed by atoms with Crippen LogP contribution in [0.15, 0.2) is 78.9 Å². The number of amides is 3. The van der Waals surface area contributed by atoms with Gasteiger partial charge in [0.2, 0.25) is 11.8 Å². The fourth-order valence-corrected chi connectivity index (χ4v) is 10.3. The smallest absolute Gasteiger partial charge is 0.268 e. The molecule has 4 N–H and O–H groups in total. The Morgan fingerprint density at radius 3 is 2.43 bits per heavy atom. The average molecular weight is 657 g/mol. The largest absolute Gasteiger partial charge is 0.432 e. The Kier molecular flexibility index (Phi) is 9.37. The number of aliphatic hydroxyl groups is 1. The van der Waals surface area contributed by atoms with Crippen LogP contribution in [0.1, 0.15) is 37.3 Å². The van der Waals surface area contributed by atoms with Crippen LogP contribution in [0.5, 0.6) is 0 Å². The molecule has 0 bridgehead atoms. The van der Waals surface area contributed by atoms with Gasteiger partial charge in [-0.25, -0.2) is 0 Å². The minimum Gasteiger partial charge on any atom is -0.432 e. The zero-order chi connectivity index (χ0) is 33.3. The van der Waals surface area contributed by atoms with Crippen molar-refractivity contribution in [3.8, 4) is 0 Å². The molecule has 3 amide bonds. The maximum atomic E-state index is 14.8. The Bertz CT molecular complexity index is 1610. The molecule has 3 aromatic rings. The van der Waals surface area contributed by atoms with E-state index in [1.165, 1.54) is 0 Å². The first-order valence-corrected chi connectivity index (χ1v) is 19.5. The van der Waals surface area contributed by atoms with Crippen molar-refractivity contribution in [2.75, 3.05) is 29.9 Å². The van der Waals surface area contributed by atoms with E-state index in [9.17, 15) is 24.3 Å². The van der Waals surface area contributed by atoms with Gasteiger partial charge in [-0.2, -0.15) is 0 Å². The van der Waals surface area contributed by atoms with Crippen LogP contribution in [0.2, 0.25) is 18.6 Å². The Morgan fingerprint density at radius 1 is 1.09 bits per heavy atom. The molecule has 3 aliphatic heterocycles. The van der Waals surface area contributed by atoms with Crippen LogP contribution >= 0.6 is 0 Å². The molecule has 47 heavy (non-hydrogen) atoms. The van der Waals surface area contributed by atoms with E-state index in [4.69, 9.17) is 4.74 Å². The van der Waals surface area contributed by atoms with Gasteiger partial charge in [-0.1, -0.05) is 55.5 Å². The van der Waals surface area contributed by atoms with Gasteiger partial charge in [0, 0.05) is 41.5 Å². The van der Waals surface area contributed by atoms with E-state index in [0.29, 0.717) is 29.2 Å². The Morgan fingerprint density at radius 2 is 1.79 bits per heavy atom. The summed E-state index contributed by atoms with van der Waals surface area (Å²) in [5.41, 5.74) is 1.43. The molecule has 0 aromatic heterocycles. The quantitative estimate of drug-likeness (QED) is 0.240. The Hall–Kier alpha value is -3.87. The normalized spacial score (nSPS) is 25.3. The van der Waals surface area contributed by atoms with Crippen molar-refractivity contribution >= 4 is 43.1 Å². The number of fused-ring (bicyclic) bond motifs is 2. The lowest BCUT2D eigenvalue weighted by molar-refractivity contribution is -0.149. The van der Waals surface area contributed by atoms with Crippen molar-refractivity contribution in [1.29, 1.82) is 0 Å². The van der Waals surface area contributed by atoms with Gasteiger partial charge in [-0.05, 0) is 68.4 Å². The first-order chi connectivity index (χ1) is 22.5. The summed E-state index contributed by atoms with van der Waals surface area (Å²) >= 11 is 0. The third kappa shape index (κ3) is 6.26. The number of hydrogen-bond donors (Lipinski definition) is 4. The molecule has 3 heterocycles. The molecule has 0 aliphatic carbocycles. The molecule has 5 atom stereocenters. The lowest BCUT2D eigenvalue weighted by Crippen LogP contribution is -2.45. The topological polar surface area (TPSA) is 131 Å². The van der Waals surface area contributed by atoms with Gasteiger partial charge in [0.25, 0.3) is 5.91 Å². The monoisotopic (exact) mass is 656 g/mol. The highest BCUT2D eigenvalue weighted by Crippen LogP contribution is 2.61. The molecule has 2 saturated heterocycles. The summed E-state index contributed by atoms with van der Waals surface area (Å²) in [6, 6.07) is 24.1. The highest BCUT2D eigenvalue weighted by Gasteiger charge is 2.66. The molecule has 11 heteroatoms. The maximum absolute atomic E-state index is 14.8. The summed E-state index contributed by atoms with van der Waals surface area (Å²) < 4.78 is 6.91. The van der Waals surface area contributed by atoms with E-state index < -0.39 is 31.5 Å². The SMILES string of the molecule is C[C@H]1[C@H]([Si](C)(C)O)[C@@H](CC(=O)N(CCO)Cc2ccccc2)O[C@]12C(=O)N(c1ccccc1)c1ccc(NC(=O)[C@H]3CCCN3)cc12. The van der Waals surface area contributed by atoms with Crippen molar-refractivity contribution in [3.63, 3.8) is 0 Å². The zero-order valence-corrected chi connectivity index (χ0v) is 28.2. The summed E-state index contributed by atoms with van der Waals surface area (Å²) in [7, 11) is -3.04. The van der Waals surface area contributed by atoms with Crippen LogP contribution in [0.25, 0.3) is 0 Å². The molecular formula is C36H44N4O6Si. The molecule has 10 nitrogen and oxygen atoms in total. The van der Waals surface area contributed by atoms with Gasteiger partial charge >= 0.3 is 0 Å². The van der Waals surface area contributed by atoms with Crippen molar-refractivity contribution in [1.82, 2.24) is 10.2 Å². The number of para-hydroxylation sites is 1. The van der Waals surface area contributed by atoms with Gasteiger partial charge in [-0.3, -0.25) is 19.3 Å². The van der Waals surface area contributed by atoms with Crippen molar-refractivity contribution in [3.05, 3.63) is 90.0 Å². The highest BCUT2D eigenvalue weighted by molar-refractivity contribution is 6.71. The number of nitrogens with zero attached hydrogens (tertiary/aromatic N) is 2. The molecule has 6 rings (SSSR count). The third-order valence-corrected chi connectivity index (χ3v) is 12.4. The van der Waals surface area contributed by atoms with Crippen LogP contribution in [-0.4, -0.2) is 72.7 Å². The van der Waals surface area contributed by atoms with Crippen LogP contribution < -0.4 is 15.5 Å². The van der Waals surface area contributed by atoms with Gasteiger partial charge in [-0.15, -0.1) is 0 Å². The standard InChI is InChI=1S/C36H44N4O6Si/c1-24-33(47(2,3)45)31(22-32(42)39(19-20-41)23-25-11-6-4-7-12-25)46-36(24)28-21-26(38-34(43)29-15-10-18-37-29)16-17-30(28)40(35(36)44)27-13-8-5-9-14-27/h4-9,11-14,16-17,21,24,29,31,33,37,41,45H,10,15,18-20,22-23H2,1-3H3,(H,38,43)/t24-,29+,31+,33-,36+/m0/s1. The predicted octanol–water partition coefficient (Wildman–Crippen LogP) is 4.26. The van der Waals surface area contributed by atoms with Gasteiger partial charge in [0.1, 0.15) is 0 Å². The molecule has 1 spiro atoms. The molecule has 248 valence electrons.